The van der Waals surface area contributed by atoms with Crippen LogP contribution in [0.15, 0.2) is 12.5 Å². The summed E-state index contributed by atoms with van der Waals surface area (Å²) in [6.07, 6.45) is 2.80. The Morgan fingerprint density at radius 2 is 2.54 bits per heavy atom. The lowest BCUT2D eigenvalue weighted by Gasteiger charge is -2.18. The maximum atomic E-state index is 11.5. The van der Waals surface area contributed by atoms with Crippen LogP contribution in [0.4, 0.5) is 5.82 Å². The molecule has 2 rings (SSSR count). The Bertz CT molecular complexity index is 395. The molecule has 0 saturated heterocycles. The third-order valence-electron chi connectivity index (χ3n) is 1.92. The number of hydrogen-bond acceptors (Lipinski definition) is 5. The van der Waals surface area contributed by atoms with Crippen LogP contribution in [0, 0.1) is 17.2 Å². The maximum Gasteiger partial charge on any atom is 0.187 e. The summed E-state index contributed by atoms with van der Waals surface area (Å²) in [6, 6.07) is 1.93. The number of aromatic nitrogens is 2. The van der Waals surface area contributed by atoms with Crippen LogP contribution < -0.4 is 5.32 Å². The summed E-state index contributed by atoms with van der Waals surface area (Å²) >= 11 is 0. The van der Waals surface area contributed by atoms with E-state index < -0.39 is 5.92 Å². The Kier molecular flexibility index (Phi) is 1.67. The van der Waals surface area contributed by atoms with Gasteiger partial charge in [0.05, 0.1) is 11.6 Å². The zero-order chi connectivity index (χ0) is 9.26. The Morgan fingerprint density at radius 3 is 3.31 bits per heavy atom. The summed E-state index contributed by atoms with van der Waals surface area (Å²) in [5.74, 6) is -0.290. The first-order chi connectivity index (χ1) is 6.33. The fraction of sp³-hybridized carbons (Fsp3) is 0.250. The molecule has 0 fully saturated rings. The third kappa shape index (κ3) is 1.12. The van der Waals surface area contributed by atoms with Gasteiger partial charge in [-0.25, -0.2) is 9.97 Å². The second-order valence-electron chi connectivity index (χ2n) is 2.71. The number of ketones is 1. The van der Waals surface area contributed by atoms with Gasteiger partial charge in [-0.2, -0.15) is 5.26 Å². The second-order valence-corrected chi connectivity index (χ2v) is 2.71. The zero-order valence-electron chi connectivity index (χ0n) is 6.69. The summed E-state index contributed by atoms with van der Waals surface area (Å²) in [7, 11) is 0. The van der Waals surface area contributed by atoms with Crippen LogP contribution >= 0.6 is 0 Å². The van der Waals surface area contributed by atoms with Crippen molar-refractivity contribution in [2.45, 2.75) is 0 Å². The van der Waals surface area contributed by atoms with Crippen molar-refractivity contribution >= 4 is 11.6 Å². The van der Waals surface area contributed by atoms with Gasteiger partial charge < -0.3 is 5.32 Å². The predicted molar refractivity (Wildman–Crippen MR) is 44.0 cm³/mol. The fourth-order valence-electron chi connectivity index (χ4n) is 1.23. The standard InChI is InChI=1S/C8H6N4O/c9-1-5-2-11-8-6(7(5)13)3-10-4-12-8/h3-5H,2H2,(H,10,11,12). The fourth-order valence-corrected chi connectivity index (χ4v) is 1.23. The minimum absolute atomic E-state index is 0.197. The molecule has 1 aliphatic rings. The smallest absolute Gasteiger partial charge is 0.187 e. The predicted octanol–water partition coefficient (Wildman–Crippen LogP) is 0.225. The van der Waals surface area contributed by atoms with Crippen molar-refractivity contribution in [3.05, 3.63) is 18.1 Å². The van der Waals surface area contributed by atoms with E-state index in [1.165, 1.54) is 12.5 Å². The monoisotopic (exact) mass is 174 g/mol. The number of carbonyl (C=O) groups is 1. The molecule has 0 spiro atoms. The molecule has 1 aromatic rings. The highest BCUT2D eigenvalue weighted by Crippen LogP contribution is 2.20. The topological polar surface area (TPSA) is 78.7 Å². The van der Waals surface area contributed by atoms with Crippen LogP contribution in [0.2, 0.25) is 0 Å². The zero-order valence-corrected chi connectivity index (χ0v) is 6.69. The van der Waals surface area contributed by atoms with Gasteiger partial charge in [0.25, 0.3) is 0 Å². The van der Waals surface area contributed by atoms with Gasteiger partial charge in [-0.3, -0.25) is 4.79 Å². The molecular weight excluding hydrogens is 168 g/mol. The van der Waals surface area contributed by atoms with Gasteiger partial charge in [-0.15, -0.1) is 0 Å². The van der Waals surface area contributed by atoms with E-state index in [0.717, 1.165) is 0 Å². The van der Waals surface area contributed by atoms with Crippen LogP contribution in [0.25, 0.3) is 0 Å². The van der Waals surface area contributed by atoms with E-state index in [-0.39, 0.29) is 5.78 Å². The molecule has 13 heavy (non-hydrogen) atoms. The van der Waals surface area contributed by atoms with E-state index >= 15 is 0 Å². The molecule has 0 bridgehead atoms. The minimum Gasteiger partial charge on any atom is -0.368 e. The summed E-state index contributed by atoms with van der Waals surface area (Å²) in [5.41, 5.74) is 0.403. The van der Waals surface area contributed by atoms with E-state index in [1.807, 2.05) is 6.07 Å². The number of nitrogens with one attached hydrogen (secondary N) is 1. The first-order valence-electron chi connectivity index (χ1n) is 3.80. The number of nitrogens with zero attached hydrogens (tertiary/aromatic N) is 3. The lowest BCUT2D eigenvalue weighted by molar-refractivity contribution is 0.0949. The van der Waals surface area contributed by atoms with Gasteiger partial charge in [-0.1, -0.05) is 0 Å². The maximum absolute atomic E-state index is 11.5. The second kappa shape index (κ2) is 2.83. The van der Waals surface area contributed by atoms with Gasteiger partial charge in [0.2, 0.25) is 0 Å². The number of rotatable bonds is 0. The number of Topliss-reactive ketones (excluding diaryl/α,β-unsaturated/α-hetero) is 1. The Hall–Kier alpha value is -1.96. The molecule has 0 amide bonds. The van der Waals surface area contributed by atoms with Crippen LogP contribution in [-0.2, 0) is 0 Å². The number of hydrogen-bond donors (Lipinski definition) is 1. The number of fused-ring (bicyclic) bond motifs is 1. The van der Waals surface area contributed by atoms with Crippen LogP contribution in [0.3, 0.4) is 0 Å². The first kappa shape index (κ1) is 7.68. The number of carbonyl (C=O) groups excluding carboxylic acids is 1. The molecule has 1 N–H and O–H groups in total. The van der Waals surface area contributed by atoms with E-state index in [9.17, 15) is 4.79 Å². The van der Waals surface area contributed by atoms with Crippen LogP contribution in [0.1, 0.15) is 10.4 Å². The molecule has 0 aliphatic carbocycles. The molecule has 5 nitrogen and oxygen atoms in total. The van der Waals surface area contributed by atoms with Gasteiger partial charge >= 0.3 is 0 Å². The summed E-state index contributed by atoms with van der Waals surface area (Å²) in [6.45, 7) is 0.333. The van der Waals surface area contributed by atoms with E-state index in [1.54, 1.807) is 0 Å². The van der Waals surface area contributed by atoms with Gasteiger partial charge in [0, 0.05) is 12.7 Å². The normalized spacial score (nSPS) is 19.9. The lowest BCUT2D eigenvalue weighted by Crippen LogP contribution is -2.29. The number of anilines is 1. The molecule has 64 valence electrons. The van der Waals surface area contributed by atoms with Crippen LogP contribution in [-0.4, -0.2) is 22.3 Å². The molecule has 5 heteroatoms. The van der Waals surface area contributed by atoms with Crippen molar-refractivity contribution in [2.75, 3.05) is 11.9 Å². The largest absolute Gasteiger partial charge is 0.368 e. The molecule has 0 saturated carbocycles. The van der Waals surface area contributed by atoms with Gasteiger partial charge in [0.1, 0.15) is 18.1 Å². The van der Waals surface area contributed by atoms with Gasteiger partial charge in [-0.05, 0) is 0 Å². The third-order valence-corrected chi connectivity index (χ3v) is 1.92. The van der Waals surface area contributed by atoms with E-state index in [2.05, 4.69) is 15.3 Å². The molecule has 1 atom stereocenters. The van der Waals surface area contributed by atoms with Crippen molar-refractivity contribution in [3.8, 4) is 6.07 Å². The average Bonchev–Trinajstić information content (AvgIpc) is 2.19. The summed E-state index contributed by atoms with van der Waals surface area (Å²) < 4.78 is 0. The highest BCUT2D eigenvalue weighted by Gasteiger charge is 2.27. The molecule has 1 aromatic heterocycles. The molecule has 1 aliphatic heterocycles. The van der Waals surface area contributed by atoms with E-state index in [4.69, 9.17) is 5.26 Å². The SMILES string of the molecule is N#CC1CNc2ncncc2C1=O. The molecular formula is C8H6N4O. The molecule has 0 radical (unpaired) electrons. The number of nitriles is 1. The first-order valence-corrected chi connectivity index (χ1v) is 3.80. The van der Waals surface area contributed by atoms with Crippen molar-refractivity contribution < 1.29 is 4.79 Å². The van der Waals surface area contributed by atoms with Crippen molar-refractivity contribution in [1.82, 2.24) is 9.97 Å². The summed E-state index contributed by atoms with van der Waals surface area (Å²) in [4.78, 5) is 19.1. The van der Waals surface area contributed by atoms with Crippen molar-refractivity contribution in [2.24, 2.45) is 5.92 Å². The van der Waals surface area contributed by atoms with Gasteiger partial charge in [0.15, 0.2) is 5.78 Å². The molecule has 1 unspecified atom stereocenters. The minimum atomic E-state index is -0.613. The lowest BCUT2D eigenvalue weighted by atomic mass is 9.97. The van der Waals surface area contributed by atoms with Crippen LogP contribution in [0.5, 0.6) is 0 Å². The quantitative estimate of drug-likeness (QED) is 0.608. The highest BCUT2D eigenvalue weighted by molar-refractivity contribution is 6.04. The Labute approximate surface area is 74.4 Å². The average molecular weight is 174 g/mol. The van der Waals surface area contributed by atoms with E-state index in [0.29, 0.717) is 17.9 Å². The molecule has 0 aromatic carbocycles. The Balaban J connectivity index is 2.46. The summed E-state index contributed by atoms with van der Waals surface area (Å²) in [5, 5.41) is 11.5. The van der Waals surface area contributed by atoms with Crippen molar-refractivity contribution in [1.29, 1.82) is 5.26 Å². The van der Waals surface area contributed by atoms with Crippen molar-refractivity contribution in [3.63, 3.8) is 0 Å². The Morgan fingerprint density at radius 1 is 1.69 bits per heavy atom. The molecule has 2 heterocycles. The highest BCUT2D eigenvalue weighted by atomic mass is 16.1.